The molecule has 0 fully saturated rings. The van der Waals surface area contributed by atoms with E-state index in [9.17, 15) is 4.79 Å². The van der Waals surface area contributed by atoms with E-state index in [0.29, 0.717) is 24.3 Å². The van der Waals surface area contributed by atoms with Crippen molar-refractivity contribution in [2.24, 2.45) is 29.4 Å². The van der Waals surface area contributed by atoms with Crippen molar-refractivity contribution in [3.63, 3.8) is 0 Å². The topological polar surface area (TPSA) is 55.1 Å². The predicted octanol–water partition coefficient (Wildman–Crippen LogP) is 2.02. The third kappa shape index (κ3) is 4.97. The molecular weight excluding hydrogens is 200 g/mol. The summed E-state index contributed by atoms with van der Waals surface area (Å²) in [7, 11) is 0. The smallest absolute Gasteiger partial charge is 0.224 e. The van der Waals surface area contributed by atoms with Gasteiger partial charge in [0, 0.05) is 19.0 Å². The van der Waals surface area contributed by atoms with Crippen LogP contribution in [0.5, 0.6) is 0 Å². The van der Waals surface area contributed by atoms with Crippen LogP contribution in [-0.4, -0.2) is 19.0 Å². The summed E-state index contributed by atoms with van der Waals surface area (Å²) in [5.74, 6) is 1.81. The van der Waals surface area contributed by atoms with Crippen LogP contribution in [0.25, 0.3) is 0 Å². The maximum atomic E-state index is 11.8. The minimum atomic E-state index is -0.0278. The Labute approximate surface area is 100 Å². The lowest BCUT2D eigenvalue weighted by Crippen LogP contribution is -2.39. The van der Waals surface area contributed by atoms with Crippen molar-refractivity contribution in [2.45, 2.75) is 41.0 Å². The number of carbonyl (C=O) groups excluding carboxylic acids is 1. The van der Waals surface area contributed by atoms with E-state index >= 15 is 0 Å². The summed E-state index contributed by atoms with van der Waals surface area (Å²) in [4.78, 5) is 11.8. The number of nitrogens with two attached hydrogens (primary N) is 1. The van der Waals surface area contributed by atoms with E-state index in [1.165, 1.54) is 0 Å². The van der Waals surface area contributed by atoms with Gasteiger partial charge in [-0.3, -0.25) is 4.79 Å². The first-order chi connectivity index (χ1) is 7.43. The standard InChI is InChI=1S/C13H28N2O/c1-6-11(7-14)13(16)15-8-12(9(2)3)10(4)5/h9-12H,6-8,14H2,1-5H3,(H,15,16). The lowest BCUT2D eigenvalue weighted by Gasteiger charge is -2.26. The van der Waals surface area contributed by atoms with Gasteiger partial charge in [0.15, 0.2) is 0 Å². The minimum Gasteiger partial charge on any atom is -0.356 e. The van der Waals surface area contributed by atoms with Gasteiger partial charge in [-0.15, -0.1) is 0 Å². The first kappa shape index (κ1) is 15.4. The van der Waals surface area contributed by atoms with Crippen LogP contribution in [0.3, 0.4) is 0 Å². The predicted molar refractivity (Wildman–Crippen MR) is 69.0 cm³/mol. The summed E-state index contributed by atoms with van der Waals surface area (Å²) in [5.41, 5.74) is 5.55. The fourth-order valence-electron chi connectivity index (χ4n) is 2.06. The largest absolute Gasteiger partial charge is 0.356 e. The fraction of sp³-hybridized carbons (Fsp3) is 0.923. The van der Waals surface area contributed by atoms with Crippen LogP contribution in [0.1, 0.15) is 41.0 Å². The van der Waals surface area contributed by atoms with Crippen molar-refractivity contribution in [2.75, 3.05) is 13.1 Å². The molecule has 0 radical (unpaired) electrons. The highest BCUT2D eigenvalue weighted by Gasteiger charge is 2.20. The SMILES string of the molecule is CCC(CN)C(=O)NCC(C(C)C)C(C)C. The molecular formula is C13H28N2O. The van der Waals surface area contributed by atoms with Crippen molar-refractivity contribution in [3.8, 4) is 0 Å². The Morgan fingerprint density at radius 2 is 1.69 bits per heavy atom. The average molecular weight is 228 g/mol. The van der Waals surface area contributed by atoms with Gasteiger partial charge in [-0.1, -0.05) is 34.6 Å². The Kier molecular flexibility index (Phi) is 7.39. The normalized spacial score (nSPS) is 13.6. The van der Waals surface area contributed by atoms with Crippen molar-refractivity contribution >= 4 is 5.91 Å². The quantitative estimate of drug-likeness (QED) is 0.700. The number of nitrogens with one attached hydrogen (secondary N) is 1. The molecule has 0 aromatic carbocycles. The molecule has 0 aliphatic heterocycles. The first-order valence-electron chi connectivity index (χ1n) is 6.41. The molecule has 0 aliphatic carbocycles. The lowest BCUT2D eigenvalue weighted by molar-refractivity contribution is -0.125. The highest BCUT2D eigenvalue weighted by molar-refractivity contribution is 5.78. The van der Waals surface area contributed by atoms with Crippen molar-refractivity contribution in [3.05, 3.63) is 0 Å². The van der Waals surface area contributed by atoms with Crippen LogP contribution < -0.4 is 11.1 Å². The maximum Gasteiger partial charge on any atom is 0.224 e. The first-order valence-corrected chi connectivity index (χ1v) is 6.41. The lowest BCUT2D eigenvalue weighted by atomic mass is 9.85. The van der Waals surface area contributed by atoms with E-state index < -0.39 is 0 Å². The number of carbonyl (C=O) groups is 1. The second-order valence-corrected chi connectivity index (χ2v) is 5.24. The molecule has 1 atom stereocenters. The van der Waals surface area contributed by atoms with Gasteiger partial charge >= 0.3 is 0 Å². The third-order valence-corrected chi connectivity index (χ3v) is 3.37. The molecule has 0 bridgehead atoms. The summed E-state index contributed by atoms with van der Waals surface area (Å²) in [6.07, 6.45) is 0.816. The third-order valence-electron chi connectivity index (χ3n) is 3.37. The van der Waals surface area contributed by atoms with Gasteiger partial charge in [0.1, 0.15) is 0 Å². The molecule has 1 unspecified atom stereocenters. The fourth-order valence-corrected chi connectivity index (χ4v) is 2.06. The van der Waals surface area contributed by atoms with Crippen molar-refractivity contribution in [1.29, 1.82) is 0 Å². The molecule has 0 saturated heterocycles. The van der Waals surface area contributed by atoms with E-state index in [1.54, 1.807) is 0 Å². The molecule has 0 heterocycles. The maximum absolute atomic E-state index is 11.8. The highest BCUT2D eigenvalue weighted by Crippen LogP contribution is 2.19. The molecule has 96 valence electrons. The van der Waals surface area contributed by atoms with Crippen LogP contribution in [0.4, 0.5) is 0 Å². The minimum absolute atomic E-state index is 0.0278. The molecule has 0 aromatic heterocycles. The van der Waals surface area contributed by atoms with E-state index in [4.69, 9.17) is 5.73 Å². The molecule has 0 saturated carbocycles. The molecule has 3 nitrogen and oxygen atoms in total. The Bertz CT molecular complexity index is 190. The van der Waals surface area contributed by atoms with Crippen LogP contribution >= 0.6 is 0 Å². The zero-order valence-corrected chi connectivity index (χ0v) is 11.4. The van der Waals surface area contributed by atoms with E-state index in [0.717, 1.165) is 13.0 Å². The van der Waals surface area contributed by atoms with E-state index in [1.807, 2.05) is 6.92 Å². The van der Waals surface area contributed by atoms with Gasteiger partial charge in [0.05, 0.1) is 0 Å². The number of rotatable bonds is 7. The number of amides is 1. The molecule has 0 rings (SSSR count). The van der Waals surface area contributed by atoms with Gasteiger partial charge in [-0.25, -0.2) is 0 Å². The van der Waals surface area contributed by atoms with Gasteiger partial charge < -0.3 is 11.1 Å². The molecule has 1 amide bonds. The zero-order valence-electron chi connectivity index (χ0n) is 11.4. The van der Waals surface area contributed by atoms with E-state index in [-0.39, 0.29) is 11.8 Å². The number of hydrogen-bond acceptors (Lipinski definition) is 2. The molecule has 0 spiro atoms. The van der Waals surface area contributed by atoms with Crippen LogP contribution in [-0.2, 0) is 4.79 Å². The Balaban J connectivity index is 4.15. The zero-order chi connectivity index (χ0) is 12.7. The monoisotopic (exact) mass is 228 g/mol. The summed E-state index contributed by atoms with van der Waals surface area (Å²) in [5, 5.41) is 3.03. The summed E-state index contributed by atoms with van der Waals surface area (Å²) < 4.78 is 0. The highest BCUT2D eigenvalue weighted by atomic mass is 16.1. The summed E-state index contributed by atoms with van der Waals surface area (Å²) in [6.45, 7) is 12.0. The van der Waals surface area contributed by atoms with Crippen molar-refractivity contribution < 1.29 is 4.79 Å². The summed E-state index contributed by atoms with van der Waals surface area (Å²) >= 11 is 0. The van der Waals surface area contributed by atoms with E-state index in [2.05, 4.69) is 33.0 Å². The van der Waals surface area contributed by atoms with Gasteiger partial charge in [0.25, 0.3) is 0 Å². The molecule has 0 aliphatic rings. The second-order valence-electron chi connectivity index (χ2n) is 5.24. The molecule has 3 N–H and O–H groups in total. The molecule has 3 heteroatoms. The Hall–Kier alpha value is -0.570. The molecule has 16 heavy (non-hydrogen) atoms. The second kappa shape index (κ2) is 7.66. The van der Waals surface area contributed by atoms with Gasteiger partial charge in [-0.2, -0.15) is 0 Å². The van der Waals surface area contributed by atoms with Crippen LogP contribution in [0.2, 0.25) is 0 Å². The Morgan fingerprint density at radius 3 is 2.00 bits per heavy atom. The average Bonchev–Trinajstić information content (AvgIpc) is 2.18. The van der Waals surface area contributed by atoms with Gasteiger partial charge in [-0.05, 0) is 24.2 Å². The Morgan fingerprint density at radius 1 is 1.19 bits per heavy atom. The summed E-state index contributed by atoms with van der Waals surface area (Å²) in [6, 6.07) is 0. The number of hydrogen-bond donors (Lipinski definition) is 2. The van der Waals surface area contributed by atoms with Crippen molar-refractivity contribution in [1.82, 2.24) is 5.32 Å². The van der Waals surface area contributed by atoms with Crippen LogP contribution in [0.15, 0.2) is 0 Å². The molecule has 0 aromatic rings. The van der Waals surface area contributed by atoms with Crippen LogP contribution in [0, 0.1) is 23.7 Å². The van der Waals surface area contributed by atoms with Gasteiger partial charge in [0.2, 0.25) is 5.91 Å².